The molecule has 0 aliphatic rings. The van der Waals surface area contributed by atoms with E-state index < -0.39 is 23.7 Å². The van der Waals surface area contributed by atoms with E-state index in [1.165, 1.54) is 0 Å². The first-order valence-corrected chi connectivity index (χ1v) is 7.19. The number of alkyl carbamates (subject to hydrolysis) is 1. The Morgan fingerprint density at radius 3 is 2.41 bits per heavy atom. The minimum absolute atomic E-state index is 0.210. The van der Waals surface area contributed by atoms with E-state index >= 15 is 0 Å². The molecule has 0 radical (unpaired) electrons. The molecule has 0 spiro atoms. The van der Waals surface area contributed by atoms with Crippen LogP contribution in [0, 0.1) is 0 Å². The highest BCUT2D eigenvalue weighted by atomic mass is 16.6. The molecule has 0 bridgehead atoms. The molecule has 0 fully saturated rings. The van der Waals surface area contributed by atoms with E-state index in [0.29, 0.717) is 0 Å². The lowest BCUT2D eigenvalue weighted by molar-refractivity contribution is -0.139. The summed E-state index contributed by atoms with van der Waals surface area (Å²) in [7, 11) is 0. The fourth-order valence-electron chi connectivity index (χ4n) is 1.74. The van der Waals surface area contributed by atoms with Gasteiger partial charge in [0.05, 0.1) is 0 Å². The third-order valence-corrected chi connectivity index (χ3v) is 2.72. The van der Waals surface area contributed by atoms with Crippen molar-refractivity contribution in [2.45, 2.75) is 45.3 Å². The van der Waals surface area contributed by atoms with Crippen molar-refractivity contribution < 1.29 is 19.4 Å². The summed E-state index contributed by atoms with van der Waals surface area (Å²) in [6.07, 6.45) is 3.85. The zero-order valence-corrected chi connectivity index (χ0v) is 13.2. The Hall–Kier alpha value is -2.30. The summed E-state index contributed by atoms with van der Waals surface area (Å²) in [5.74, 6) is -1.09. The van der Waals surface area contributed by atoms with Gasteiger partial charge in [-0.1, -0.05) is 42.5 Å². The van der Waals surface area contributed by atoms with Crippen LogP contribution >= 0.6 is 0 Å². The van der Waals surface area contributed by atoms with Crippen LogP contribution in [-0.2, 0) is 16.0 Å². The second-order valence-corrected chi connectivity index (χ2v) is 5.93. The van der Waals surface area contributed by atoms with Crippen molar-refractivity contribution >= 4 is 12.1 Å². The largest absolute Gasteiger partial charge is 0.480 e. The Balaban J connectivity index is 2.47. The lowest BCUT2D eigenvalue weighted by atomic mass is 10.1. The average Bonchev–Trinajstić information content (AvgIpc) is 2.41. The van der Waals surface area contributed by atoms with Gasteiger partial charge in [0.15, 0.2) is 0 Å². The number of ether oxygens (including phenoxy) is 1. The number of aliphatic carboxylic acids is 1. The number of amides is 1. The van der Waals surface area contributed by atoms with Crippen LogP contribution in [0.4, 0.5) is 4.79 Å². The van der Waals surface area contributed by atoms with Gasteiger partial charge in [-0.3, -0.25) is 0 Å². The molecule has 1 amide bonds. The highest BCUT2D eigenvalue weighted by Crippen LogP contribution is 2.08. The predicted octanol–water partition coefficient (Wildman–Crippen LogP) is 3.15. The summed E-state index contributed by atoms with van der Waals surface area (Å²) in [4.78, 5) is 22.8. The second kappa shape index (κ2) is 8.22. The van der Waals surface area contributed by atoms with Gasteiger partial charge in [0.2, 0.25) is 0 Å². The number of benzene rings is 1. The number of allylic oxidation sites excluding steroid dienone is 1. The maximum absolute atomic E-state index is 11.6. The number of rotatable bonds is 6. The van der Waals surface area contributed by atoms with E-state index in [2.05, 4.69) is 5.32 Å². The summed E-state index contributed by atoms with van der Waals surface area (Å²) in [6, 6.07) is 8.84. The van der Waals surface area contributed by atoms with E-state index in [0.717, 1.165) is 12.0 Å². The molecule has 120 valence electrons. The lowest BCUT2D eigenvalue weighted by Gasteiger charge is -2.21. The molecule has 0 saturated heterocycles. The molecule has 1 atom stereocenters. The first kappa shape index (κ1) is 17.8. The molecular formula is C17H23NO4. The van der Waals surface area contributed by atoms with Gasteiger partial charge < -0.3 is 15.2 Å². The van der Waals surface area contributed by atoms with Crippen LogP contribution in [0.3, 0.4) is 0 Å². The molecule has 0 aromatic heterocycles. The fraction of sp³-hybridized carbons (Fsp3) is 0.412. The third-order valence-electron chi connectivity index (χ3n) is 2.72. The van der Waals surface area contributed by atoms with Crippen molar-refractivity contribution in [2.75, 3.05) is 0 Å². The Bertz CT molecular complexity index is 517. The minimum atomic E-state index is -1.09. The van der Waals surface area contributed by atoms with Crippen molar-refractivity contribution in [3.05, 3.63) is 48.0 Å². The Morgan fingerprint density at radius 2 is 1.86 bits per heavy atom. The number of carboxylic acid groups (broad SMARTS) is 1. The fourth-order valence-corrected chi connectivity index (χ4v) is 1.74. The standard InChI is InChI=1S/C17H23NO4/c1-17(2,3)22-16(21)18-14(15(19)20)12-8-7-11-13-9-5-4-6-10-13/h4-10,14H,11-12H2,1-3H3,(H,18,21)(H,19,20)/b8-7+. The van der Waals surface area contributed by atoms with Gasteiger partial charge in [-0.25, -0.2) is 9.59 Å². The number of carboxylic acids is 1. The smallest absolute Gasteiger partial charge is 0.408 e. The summed E-state index contributed by atoms with van der Waals surface area (Å²) >= 11 is 0. The topological polar surface area (TPSA) is 75.6 Å². The quantitative estimate of drug-likeness (QED) is 0.792. The Kier molecular flexibility index (Phi) is 6.63. The molecule has 1 aromatic carbocycles. The molecule has 0 aliphatic carbocycles. The molecule has 5 heteroatoms. The van der Waals surface area contributed by atoms with Gasteiger partial charge in [0.1, 0.15) is 11.6 Å². The SMILES string of the molecule is CC(C)(C)OC(=O)NC(C/C=C/Cc1ccccc1)C(=O)O. The molecule has 0 saturated carbocycles. The van der Waals surface area contributed by atoms with Crippen molar-refractivity contribution in [1.82, 2.24) is 5.32 Å². The van der Waals surface area contributed by atoms with E-state index in [1.54, 1.807) is 26.8 Å². The second-order valence-electron chi connectivity index (χ2n) is 5.93. The molecule has 1 aromatic rings. The van der Waals surface area contributed by atoms with Gasteiger partial charge in [-0.15, -0.1) is 0 Å². The summed E-state index contributed by atoms with van der Waals surface area (Å²) in [5.41, 5.74) is 0.488. The number of hydrogen-bond donors (Lipinski definition) is 2. The van der Waals surface area contributed by atoms with Gasteiger partial charge >= 0.3 is 12.1 Å². The Morgan fingerprint density at radius 1 is 1.23 bits per heavy atom. The van der Waals surface area contributed by atoms with Gasteiger partial charge in [0, 0.05) is 0 Å². The molecule has 1 rings (SSSR count). The van der Waals surface area contributed by atoms with Crippen LogP contribution in [0.5, 0.6) is 0 Å². The number of nitrogens with one attached hydrogen (secondary N) is 1. The van der Waals surface area contributed by atoms with Gasteiger partial charge in [-0.05, 0) is 39.2 Å². The van der Waals surface area contributed by atoms with Crippen LogP contribution < -0.4 is 5.32 Å². The maximum Gasteiger partial charge on any atom is 0.408 e. The van der Waals surface area contributed by atoms with Crippen LogP contribution in [0.2, 0.25) is 0 Å². The zero-order chi connectivity index (χ0) is 16.6. The van der Waals surface area contributed by atoms with Crippen LogP contribution in [-0.4, -0.2) is 28.8 Å². The maximum atomic E-state index is 11.6. The van der Waals surface area contributed by atoms with E-state index in [4.69, 9.17) is 9.84 Å². The molecular weight excluding hydrogens is 282 g/mol. The van der Waals surface area contributed by atoms with Crippen molar-refractivity contribution in [3.8, 4) is 0 Å². The number of hydrogen-bond acceptors (Lipinski definition) is 3. The van der Waals surface area contributed by atoms with E-state index in [-0.39, 0.29) is 6.42 Å². The van der Waals surface area contributed by atoms with Gasteiger partial charge in [0.25, 0.3) is 0 Å². The molecule has 22 heavy (non-hydrogen) atoms. The van der Waals surface area contributed by atoms with E-state index in [1.807, 2.05) is 36.4 Å². The minimum Gasteiger partial charge on any atom is -0.480 e. The lowest BCUT2D eigenvalue weighted by Crippen LogP contribution is -2.43. The van der Waals surface area contributed by atoms with Crippen molar-refractivity contribution in [3.63, 3.8) is 0 Å². The summed E-state index contributed by atoms with van der Waals surface area (Å²) < 4.78 is 5.06. The summed E-state index contributed by atoms with van der Waals surface area (Å²) in [6.45, 7) is 5.17. The van der Waals surface area contributed by atoms with Crippen molar-refractivity contribution in [1.29, 1.82) is 0 Å². The van der Waals surface area contributed by atoms with Crippen LogP contribution in [0.15, 0.2) is 42.5 Å². The molecule has 0 aliphatic heterocycles. The van der Waals surface area contributed by atoms with Crippen LogP contribution in [0.25, 0.3) is 0 Å². The number of carbonyl (C=O) groups is 2. The first-order chi connectivity index (χ1) is 10.3. The van der Waals surface area contributed by atoms with E-state index in [9.17, 15) is 9.59 Å². The number of carbonyl (C=O) groups excluding carboxylic acids is 1. The monoisotopic (exact) mass is 305 g/mol. The van der Waals surface area contributed by atoms with Gasteiger partial charge in [-0.2, -0.15) is 0 Å². The predicted molar refractivity (Wildman–Crippen MR) is 84.7 cm³/mol. The van der Waals surface area contributed by atoms with Crippen molar-refractivity contribution in [2.24, 2.45) is 0 Å². The third kappa shape index (κ3) is 7.47. The normalized spacial score (nSPS) is 12.9. The highest BCUT2D eigenvalue weighted by Gasteiger charge is 2.22. The zero-order valence-electron chi connectivity index (χ0n) is 13.2. The molecule has 0 heterocycles. The highest BCUT2D eigenvalue weighted by molar-refractivity contribution is 5.80. The first-order valence-electron chi connectivity index (χ1n) is 7.19. The average molecular weight is 305 g/mol. The molecule has 5 nitrogen and oxygen atoms in total. The molecule has 1 unspecified atom stereocenters. The summed E-state index contributed by atoms with van der Waals surface area (Å²) in [5, 5.41) is 11.5. The van der Waals surface area contributed by atoms with Crippen LogP contribution in [0.1, 0.15) is 32.8 Å². The molecule has 2 N–H and O–H groups in total. The Labute approximate surface area is 131 Å².